The average Bonchev–Trinajstić information content (AvgIpc) is 3.31. The van der Waals surface area contributed by atoms with Crippen molar-refractivity contribution in [2.45, 2.75) is 32.7 Å². The van der Waals surface area contributed by atoms with Gasteiger partial charge in [-0.1, -0.05) is 17.4 Å². The molecule has 32 heavy (non-hydrogen) atoms. The van der Waals surface area contributed by atoms with E-state index in [1.165, 1.54) is 23.0 Å². The molecule has 4 rings (SSSR count). The van der Waals surface area contributed by atoms with Crippen LogP contribution in [0.1, 0.15) is 42.1 Å². The zero-order valence-electron chi connectivity index (χ0n) is 18.7. The molecule has 0 aliphatic carbocycles. The number of esters is 1. The van der Waals surface area contributed by atoms with Crippen molar-refractivity contribution in [1.82, 2.24) is 19.5 Å². The van der Waals surface area contributed by atoms with Crippen LogP contribution in [-0.4, -0.2) is 64.5 Å². The van der Waals surface area contributed by atoms with Gasteiger partial charge in [-0.2, -0.15) is 4.52 Å². The Morgan fingerprint density at radius 2 is 2.03 bits per heavy atom. The number of rotatable bonds is 7. The van der Waals surface area contributed by atoms with Gasteiger partial charge in [0.25, 0.3) is 0 Å². The molecule has 0 spiro atoms. The normalized spacial score (nSPS) is 16.2. The van der Waals surface area contributed by atoms with Crippen molar-refractivity contribution in [1.29, 1.82) is 0 Å². The predicted molar refractivity (Wildman–Crippen MR) is 120 cm³/mol. The number of carbonyl (C=O) groups excluding carboxylic acids is 1. The van der Waals surface area contributed by atoms with Crippen LogP contribution in [0.15, 0.2) is 18.2 Å². The standard InChI is InChI=1S/C22H28N4O5S/c1-5-31-16-7-6-15(12-17(16)29-3)18(25-10-8-14(9-11-25)21(28)30-4)19-20(27)26-22(32-19)23-13(2)24-26/h6-7,12,14,18,27H,5,8-11H2,1-4H3/t18-/m1/s1. The maximum Gasteiger partial charge on any atom is 0.308 e. The fourth-order valence-electron chi connectivity index (χ4n) is 4.24. The fourth-order valence-corrected chi connectivity index (χ4v) is 5.41. The van der Waals surface area contributed by atoms with Crippen LogP contribution in [0.2, 0.25) is 0 Å². The number of hydrogen-bond donors (Lipinski definition) is 1. The zero-order valence-corrected chi connectivity index (χ0v) is 19.5. The number of aryl methyl sites for hydroxylation is 1. The third kappa shape index (κ3) is 4.12. The first-order valence-corrected chi connectivity index (χ1v) is 11.5. The molecule has 2 aromatic heterocycles. The minimum Gasteiger partial charge on any atom is -0.493 e. The van der Waals surface area contributed by atoms with Crippen molar-refractivity contribution in [3.8, 4) is 17.4 Å². The first kappa shape index (κ1) is 22.3. The predicted octanol–water partition coefficient (Wildman–Crippen LogP) is 3.19. The number of aromatic hydroxyl groups is 1. The number of piperidine rings is 1. The Morgan fingerprint density at radius 3 is 2.66 bits per heavy atom. The molecule has 1 saturated heterocycles. The number of fused-ring (bicyclic) bond motifs is 1. The molecule has 3 heterocycles. The molecular formula is C22H28N4O5S. The van der Waals surface area contributed by atoms with Gasteiger partial charge in [-0.15, -0.1) is 5.10 Å². The molecule has 0 saturated carbocycles. The molecule has 1 aromatic carbocycles. The zero-order chi connectivity index (χ0) is 22.8. The highest BCUT2D eigenvalue weighted by atomic mass is 32.1. The van der Waals surface area contributed by atoms with Gasteiger partial charge in [-0.25, -0.2) is 4.98 Å². The lowest BCUT2D eigenvalue weighted by Crippen LogP contribution is -2.39. The molecule has 1 N–H and O–H groups in total. The minimum atomic E-state index is -0.244. The Bertz CT molecular complexity index is 1100. The van der Waals surface area contributed by atoms with E-state index in [1.54, 1.807) is 14.0 Å². The van der Waals surface area contributed by atoms with Crippen LogP contribution >= 0.6 is 11.3 Å². The Labute approximate surface area is 190 Å². The van der Waals surface area contributed by atoms with Gasteiger partial charge in [-0.05, 0) is 57.5 Å². The maximum atomic E-state index is 12.0. The second-order valence-corrected chi connectivity index (χ2v) is 8.73. The number of aromatic nitrogens is 3. The molecule has 0 unspecified atom stereocenters. The minimum absolute atomic E-state index is 0.0820. The molecule has 1 aliphatic heterocycles. The number of hydrogen-bond acceptors (Lipinski definition) is 9. The van der Waals surface area contributed by atoms with Gasteiger partial charge in [0.15, 0.2) is 11.5 Å². The van der Waals surface area contributed by atoms with Crippen molar-refractivity contribution >= 4 is 22.3 Å². The van der Waals surface area contributed by atoms with E-state index in [-0.39, 0.29) is 23.8 Å². The molecule has 10 heteroatoms. The van der Waals surface area contributed by atoms with E-state index < -0.39 is 0 Å². The van der Waals surface area contributed by atoms with Gasteiger partial charge in [-0.3, -0.25) is 9.69 Å². The van der Waals surface area contributed by atoms with Crippen molar-refractivity contribution in [3.63, 3.8) is 0 Å². The Kier molecular flexibility index (Phi) is 6.52. The lowest BCUT2D eigenvalue weighted by atomic mass is 9.93. The largest absolute Gasteiger partial charge is 0.493 e. The van der Waals surface area contributed by atoms with Crippen LogP contribution in [0, 0.1) is 12.8 Å². The molecule has 0 bridgehead atoms. The number of nitrogens with zero attached hydrogens (tertiary/aromatic N) is 4. The van der Waals surface area contributed by atoms with Gasteiger partial charge < -0.3 is 19.3 Å². The van der Waals surface area contributed by atoms with Crippen molar-refractivity contribution in [2.75, 3.05) is 33.9 Å². The molecule has 0 radical (unpaired) electrons. The SMILES string of the molecule is CCOc1ccc([C@H](c2sc3nc(C)nn3c2O)N2CCC(C(=O)OC)CC2)cc1OC. The lowest BCUT2D eigenvalue weighted by molar-refractivity contribution is -0.147. The lowest BCUT2D eigenvalue weighted by Gasteiger charge is -2.36. The van der Waals surface area contributed by atoms with Crippen LogP contribution < -0.4 is 9.47 Å². The summed E-state index contributed by atoms with van der Waals surface area (Å²) in [5.41, 5.74) is 0.957. The van der Waals surface area contributed by atoms with Crippen molar-refractivity contribution < 1.29 is 24.1 Å². The summed E-state index contributed by atoms with van der Waals surface area (Å²) < 4.78 is 17.7. The number of benzene rings is 1. The van der Waals surface area contributed by atoms with Gasteiger partial charge in [0.05, 0.1) is 37.7 Å². The Hall–Kier alpha value is -2.85. The quantitative estimate of drug-likeness (QED) is 0.537. The molecule has 1 aliphatic rings. The van der Waals surface area contributed by atoms with Crippen LogP contribution in [0.4, 0.5) is 0 Å². The highest BCUT2D eigenvalue weighted by Crippen LogP contribution is 2.43. The molecular weight excluding hydrogens is 432 g/mol. The third-order valence-electron chi connectivity index (χ3n) is 5.79. The van der Waals surface area contributed by atoms with Gasteiger partial charge >= 0.3 is 5.97 Å². The number of methoxy groups -OCH3 is 2. The van der Waals surface area contributed by atoms with Crippen molar-refractivity contribution in [3.05, 3.63) is 34.5 Å². The van der Waals surface area contributed by atoms with Crippen LogP contribution in [-0.2, 0) is 9.53 Å². The molecule has 0 amide bonds. The van der Waals surface area contributed by atoms with E-state index in [2.05, 4.69) is 15.0 Å². The second kappa shape index (κ2) is 9.33. The van der Waals surface area contributed by atoms with E-state index in [4.69, 9.17) is 14.2 Å². The van der Waals surface area contributed by atoms with E-state index in [0.717, 1.165) is 10.4 Å². The summed E-state index contributed by atoms with van der Waals surface area (Å²) in [4.78, 5) is 20.1. The van der Waals surface area contributed by atoms with E-state index in [1.807, 2.05) is 25.1 Å². The third-order valence-corrected chi connectivity index (χ3v) is 6.86. The number of thiazole rings is 1. The summed E-state index contributed by atoms with van der Waals surface area (Å²) >= 11 is 1.41. The fraction of sp³-hybridized carbons (Fsp3) is 0.500. The van der Waals surface area contributed by atoms with Gasteiger partial charge in [0.1, 0.15) is 5.82 Å². The Morgan fingerprint density at radius 1 is 1.28 bits per heavy atom. The van der Waals surface area contributed by atoms with Crippen molar-refractivity contribution in [2.24, 2.45) is 5.92 Å². The summed E-state index contributed by atoms with van der Waals surface area (Å²) in [6.07, 6.45) is 1.38. The summed E-state index contributed by atoms with van der Waals surface area (Å²) in [6, 6.07) is 5.59. The van der Waals surface area contributed by atoms with E-state index >= 15 is 0 Å². The van der Waals surface area contributed by atoms with Crippen LogP contribution in [0.25, 0.3) is 4.96 Å². The summed E-state index contributed by atoms with van der Waals surface area (Å²) in [7, 11) is 3.04. The maximum absolute atomic E-state index is 12.0. The number of likely N-dealkylation sites (tertiary alicyclic amines) is 1. The molecule has 172 valence electrons. The highest BCUT2D eigenvalue weighted by Gasteiger charge is 2.34. The highest BCUT2D eigenvalue weighted by molar-refractivity contribution is 7.17. The monoisotopic (exact) mass is 460 g/mol. The van der Waals surface area contributed by atoms with Gasteiger partial charge in [0.2, 0.25) is 10.8 Å². The smallest absolute Gasteiger partial charge is 0.308 e. The average molecular weight is 461 g/mol. The Balaban J connectivity index is 1.74. The van der Waals surface area contributed by atoms with E-state index in [0.29, 0.717) is 54.8 Å². The van der Waals surface area contributed by atoms with Crippen LogP contribution in [0.3, 0.4) is 0 Å². The first-order chi connectivity index (χ1) is 15.5. The summed E-state index contributed by atoms with van der Waals surface area (Å²) in [5, 5.41) is 15.3. The molecule has 9 nitrogen and oxygen atoms in total. The first-order valence-electron chi connectivity index (χ1n) is 10.6. The summed E-state index contributed by atoms with van der Waals surface area (Å²) in [5.74, 6) is 1.72. The summed E-state index contributed by atoms with van der Waals surface area (Å²) in [6.45, 7) is 5.63. The molecule has 1 fully saturated rings. The van der Waals surface area contributed by atoms with Gasteiger partial charge in [0, 0.05) is 0 Å². The van der Waals surface area contributed by atoms with E-state index in [9.17, 15) is 9.90 Å². The van der Waals surface area contributed by atoms with Crippen LogP contribution in [0.5, 0.6) is 17.4 Å². The topological polar surface area (TPSA) is 98.4 Å². The molecule has 1 atom stereocenters. The number of carbonyl (C=O) groups is 1. The molecule has 3 aromatic rings. The second-order valence-electron chi connectivity index (χ2n) is 7.72. The number of ether oxygens (including phenoxy) is 3.